The van der Waals surface area contributed by atoms with Gasteiger partial charge in [0.15, 0.2) is 6.10 Å². The van der Waals surface area contributed by atoms with Crippen LogP contribution >= 0.6 is 0 Å². The number of aliphatic hydroxyl groups excluding tert-OH is 1. The van der Waals surface area contributed by atoms with Gasteiger partial charge in [0.05, 0.1) is 12.2 Å². The highest BCUT2D eigenvalue weighted by atomic mass is 16.3. The molecule has 6 aliphatic rings. The van der Waals surface area contributed by atoms with Gasteiger partial charge in [0, 0.05) is 36.5 Å². The number of nitrogens with one attached hydrogen (secondary N) is 4. The molecule has 5 aliphatic carbocycles. The van der Waals surface area contributed by atoms with Gasteiger partial charge < -0.3 is 31.3 Å². The zero-order valence-electron chi connectivity index (χ0n) is 29.0. The molecule has 0 bridgehead atoms. The summed E-state index contributed by atoms with van der Waals surface area (Å²) in [4.78, 5) is 79.0. The summed E-state index contributed by atoms with van der Waals surface area (Å²) in [6.07, 6.45) is 14.4. The highest BCUT2D eigenvalue weighted by molar-refractivity contribution is 5.99. The lowest BCUT2D eigenvalue weighted by Crippen LogP contribution is -2.62. The number of hydrogen-bond acceptors (Lipinski definition) is 8. The van der Waals surface area contributed by atoms with E-state index in [2.05, 4.69) is 31.2 Å². The molecule has 2 saturated carbocycles. The van der Waals surface area contributed by atoms with Crippen molar-refractivity contribution in [2.75, 3.05) is 6.54 Å². The molecule has 1 saturated heterocycles. The molecular weight excluding hydrogens is 638 g/mol. The first-order valence-corrected chi connectivity index (χ1v) is 18.5. The van der Waals surface area contributed by atoms with Crippen LogP contribution in [0.5, 0.6) is 0 Å². The van der Waals surface area contributed by atoms with E-state index in [0.29, 0.717) is 25.8 Å². The number of carbonyl (C=O) groups excluding carboxylic acids is 5. The van der Waals surface area contributed by atoms with Crippen molar-refractivity contribution >= 4 is 29.5 Å². The minimum atomic E-state index is -1.43. The molecule has 1 aromatic heterocycles. The maximum atomic E-state index is 14.8. The Bertz CT molecular complexity index is 1590. The number of aliphatic hydroxyl groups is 1. The summed E-state index contributed by atoms with van der Waals surface area (Å²) in [5, 5.41) is 22.6. The number of hydrogen-bond donors (Lipinski definition) is 5. The van der Waals surface area contributed by atoms with Crippen LogP contribution in [-0.4, -0.2) is 86.3 Å². The number of allylic oxidation sites excluding steroid dienone is 2. The molecule has 7 atom stereocenters. The lowest BCUT2D eigenvalue weighted by Gasteiger charge is -2.38. The second kappa shape index (κ2) is 13.9. The van der Waals surface area contributed by atoms with Crippen LogP contribution in [0.1, 0.15) is 101 Å². The Morgan fingerprint density at radius 3 is 2.38 bits per heavy atom. The van der Waals surface area contributed by atoms with Crippen molar-refractivity contribution < 1.29 is 29.1 Å². The monoisotopic (exact) mass is 687 g/mol. The molecule has 3 unspecified atom stereocenters. The van der Waals surface area contributed by atoms with Crippen LogP contribution in [0.15, 0.2) is 41.5 Å². The van der Waals surface area contributed by atoms with Crippen molar-refractivity contribution in [1.29, 1.82) is 0 Å². The van der Waals surface area contributed by atoms with Gasteiger partial charge in [-0.05, 0) is 63.2 Å². The molecular formula is C37H49N7O6. The molecule has 0 aromatic carbocycles. The zero-order valence-corrected chi connectivity index (χ0v) is 29.0. The van der Waals surface area contributed by atoms with E-state index >= 15 is 0 Å². The molecule has 2 heterocycles. The van der Waals surface area contributed by atoms with Crippen molar-refractivity contribution in [2.45, 2.75) is 121 Å². The summed E-state index contributed by atoms with van der Waals surface area (Å²) in [5.74, 6) is -2.15. The standard InChI is InChI=1S/C37H49N7O6/c1-3-8-26(30(45)35(49)40-22-13-14-22)41-34(48)29-23-12-7-11-21(23)19-44(29)36(50)31(37(2)24-17-25(24)37)43-33(47)28(20-9-5-4-6-10-20)42-32(46)27-18-38-15-16-39-27/h13,15-16,18,20-21,23,26,28-31,45H,3-12,14,17,19H2,1-2H3,(H,40,49)(H,41,48)(H,42,46)(H,43,47)/t21?,23?,26-,28-,29-,30?,31+/m0/s1. The number of fused-ring (bicyclic) bond motifs is 1. The molecule has 1 aliphatic heterocycles. The molecule has 50 heavy (non-hydrogen) atoms. The van der Waals surface area contributed by atoms with Crippen molar-refractivity contribution in [2.24, 2.45) is 23.2 Å². The van der Waals surface area contributed by atoms with Gasteiger partial charge >= 0.3 is 0 Å². The van der Waals surface area contributed by atoms with Crippen LogP contribution in [-0.2, 0) is 19.2 Å². The Morgan fingerprint density at radius 1 is 0.980 bits per heavy atom. The summed E-state index contributed by atoms with van der Waals surface area (Å²) < 4.78 is 0. The number of aromatic nitrogens is 2. The third kappa shape index (κ3) is 6.68. The van der Waals surface area contributed by atoms with Gasteiger partial charge in [-0.15, -0.1) is 0 Å². The molecule has 3 fully saturated rings. The van der Waals surface area contributed by atoms with Crippen LogP contribution in [0.3, 0.4) is 0 Å². The van der Waals surface area contributed by atoms with Crippen molar-refractivity contribution in [3.05, 3.63) is 47.2 Å². The SMILES string of the molecule is CCC[C@H](NC(=O)[C@@H]1C2CCCC2CN1C(=O)[C@@H](NC(=O)[C@@H](NC(=O)c1cnccn1)C1CCCCC1)C1(C)C2=C1C2)C(O)C(=O)NC1=CC1. The average molecular weight is 688 g/mol. The molecule has 0 spiro atoms. The van der Waals surface area contributed by atoms with E-state index in [9.17, 15) is 29.1 Å². The molecule has 5 amide bonds. The second-order valence-electron chi connectivity index (χ2n) is 15.3. The lowest BCUT2D eigenvalue weighted by atomic mass is 9.80. The van der Waals surface area contributed by atoms with E-state index in [-0.39, 0.29) is 35.3 Å². The second-order valence-corrected chi connectivity index (χ2v) is 15.3. The van der Waals surface area contributed by atoms with Crippen LogP contribution in [0.25, 0.3) is 0 Å². The average Bonchev–Trinajstić information content (AvgIpc) is 4.09. The topological polar surface area (TPSA) is 183 Å². The molecule has 5 N–H and O–H groups in total. The lowest BCUT2D eigenvalue weighted by molar-refractivity contribution is -0.145. The molecule has 13 heteroatoms. The first-order valence-electron chi connectivity index (χ1n) is 18.5. The highest BCUT2D eigenvalue weighted by Crippen LogP contribution is 2.72. The number of amides is 5. The van der Waals surface area contributed by atoms with Gasteiger partial charge in [0.25, 0.3) is 11.8 Å². The third-order valence-electron chi connectivity index (χ3n) is 12.1. The Kier molecular flexibility index (Phi) is 9.53. The summed E-state index contributed by atoms with van der Waals surface area (Å²) in [7, 11) is 0. The third-order valence-corrected chi connectivity index (χ3v) is 12.1. The van der Waals surface area contributed by atoms with Crippen LogP contribution in [0.4, 0.5) is 0 Å². The maximum Gasteiger partial charge on any atom is 0.272 e. The Morgan fingerprint density at radius 2 is 1.74 bits per heavy atom. The van der Waals surface area contributed by atoms with Gasteiger partial charge in [-0.2, -0.15) is 0 Å². The maximum absolute atomic E-state index is 14.8. The molecule has 7 rings (SSSR count). The minimum absolute atomic E-state index is 0.0525. The van der Waals surface area contributed by atoms with Crippen molar-refractivity contribution in [1.82, 2.24) is 36.1 Å². The summed E-state index contributed by atoms with van der Waals surface area (Å²) in [5.41, 5.74) is 2.61. The predicted octanol–water partition coefficient (Wildman–Crippen LogP) is 2.04. The summed E-state index contributed by atoms with van der Waals surface area (Å²) >= 11 is 0. The van der Waals surface area contributed by atoms with E-state index < -0.39 is 53.4 Å². The molecule has 1 aromatic rings. The number of likely N-dealkylation sites (tertiary alicyclic amines) is 1. The number of nitrogens with zero attached hydrogens (tertiary/aromatic N) is 3. The number of rotatable bonds is 14. The first kappa shape index (κ1) is 34.3. The fourth-order valence-electron chi connectivity index (χ4n) is 8.94. The highest BCUT2D eigenvalue weighted by Gasteiger charge is 2.67. The van der Waals surface area contributed by atoms with E-state index in [0.717, 1.165) is 74.6 Å². The normalized spacial score (nSPS) is 26.7. The summed E-state index contributed by atoms with van der Waals surface area (Å²) in [6.45, 7) is 4.30. The Balaban J connectivity index is 1.11. The largest absolute Gasteiger partial charge is 0.381 e. The van der Waals surface area contributed by atoms with E-state index in [1.807, 2.05) is 19.9 Å². The van der Waals surface area contributed by atoms with E-state index in [4.69, 9.17) is 0 Å². The fraction of sp³-hybridized carbons (Fsp3) is 0.649. The first-order chi connectivity index (χ1) is 24.1. The van der Waals surface area contributed by atoms with E-state index in [1.165, 1.54) is 18.6 Å². The van der Waals surface area contributed by atoms with Crippen molar-refractivity contribution in [3.8, 4) is 0 Å². The van der Waals surface area contributed by atoms with Gasteiger partial charge in [-0.25, -0.2) is 4.98 Å². The summed E-state index contributed by atoms with van der Waals surface area (Å²) in [6, 6.07) is -3.38. The van der Waals surface area contributed by atoms with Gasteiger partial charge in [0.2, 0.25) is 17.7 Å². The zero-order chi connectivity index (χ0) is 35.2. The predicted molar refractivity (Wildman–Crippen MR) is 182 cm³/mol. The molecule has 13 nitrogen and oxygen atoms in total. The van der Waals surface area contributed by atoms with Gasteiger partial charge in [-0.1, -0.05) is 56.3 Å². The quantitative estimate of drug-likeness (QED) is 0.184. The van der Waals surface area contributed by atoms with E-state index in [1.54, 1.807) is 4.90 Å². The van der Waals surface area contributed by atoms with Crippen LogP contribution in [0, 0.1) is 23.2 Å². The van der Waals surface area contributed by atoms with Gasteiger partial charge in [-0.3, -0.25) is 29.0 Å². The van der Waals surface area contributed by atoms with Crippen molar-refractivity contribution in [3.63, 3.8) is 0 Å². The number of carbonyl (C=O) groups is 5. The Hall–Kier alpha value is -4.13. The minimum Gasteiger partial charge on any atom is -0.381 e. The van der Waals surface area contributed by atoms with Crippen LogP contribution in [0.2, 0.25) is 0 Å². The van der Waals surface area contributed by atoms with Crippen LogP contribution < -0.4 is 21.3 Å². The smallest absolute Gasteiger partial charge is 0.272 e. The Labute approximate surface area is 292 Å². The molecule has 0 radical (unpaired) electrons. The van der Waals surface area contributed by atoms with Gasteiger partial charge in [0.1, 0.15) is 23.8 Å². The fourth-order valence-corrected chi connectivity index (χ4v) is 8.94. The molecule has 268 valence electrons.